The first kappa shape index (κ1) is 5.85. The van der Waals surface area contributed by atoms with E-state index in [9.17, 15) is 0 Å². The Morgan fingerprint density at radius 2 is 2.40 bits per heavy atom. The number of hydrogen-bond donors (Lipinski definition) is 0. The van der Waals surface area contributed by atoms with E-state index in [-0.39, 0.29) is 0 Å². The molecule has 3 nitrogen and oxygen atoms in total. The van der Waals surface area contributed by atoms with Gasteiger partial charge in [-0.05, 0) is 28.1 Å². The Morgan fingerprint density at radius 3 is 3.20 bits per heavy atom. The normalized spacial score (nSPS) is 10.5. The minimum absolute atomic E-state index is 0.826. The average Bonchev–Trinajstić information content (AvgIpc) is 2.36. The summed E-state index contributed by atoms with van der Waals surface area (Å²) in [5.41, 5.74) is 0.988. The van der Waals surface area contributed by atoms with Crippen LogP contribution in [0.4, 0.5) is 0 Å². The van der Waals surface area contributed by atoms with Crippen molar-refractivity contribution in [3.05, 3.63) is 29.3 Å². The van der Waals surface area contributed by atoms with Crippen molar-refractivity contribution >= 4 is 21.4 Å². The molecule has 2 rings (SSSR count). The van der Waals surface area contributed by atoms with Crippen LogP contribution in [0.5, 0.6) is 0 Å². The third-order valence-electron chi connectivity index (χ3n) is 1.29. The summed E-state index contributed by atoms with van der Waals surface area (Å²) in [5, 5.41) is 3.98. The van der Waals surface area contributed by atoms with Crippen LogP contribution < -0.4 is 0 Å². The van der Waals surface area contributed by atoms with Crippen molar-refractivity contribution in [2.24, 2.45) is 0 Å². The molecule has 0 amide bonds. The maximum Gasteiger partial charge on any atom is 0.137 e. The number of rotatable bonds is 0. The summed E-state index contributed by atoms with van der Waals surface area (Å²) in [7, 11) is 0. The van der Waals surface area contributed by atoms with Crippen molar-refractivity contribution in [3.63, 3.8) is 0 Å². The lowest BCUT2D eigenvalue weighted by atomic mass is 10.5. The third kappa shape index (κ3) is 0.724. The molecule has 0 saturated heterocycles. The molecule has 0 N–H and O–H groups in total. The molecule has 0 aliphatic rings. The summed E-state index contributed by atoms with van der Waals surface area (Å²) >= 11 is 3.30. The van der Waals surface area contributed by atoms with Gasteiger partial charge in [-0.2, -0.15) is 5.10 Å². The van der Waals surface area contributed by atoms with Crippen LogP contribution in [0.15, 0.2) is 29.3 Å². The summed E-state index contributed by atoms with van der Waals surface area (Å²) in [5.74, 6) is 0. The molecule has 0 bridgehead atoms. The molecule has 50 valence electrons. The first-order valence-electron chi connectivity index (χ1n) is 2.82. The van der Waals surface area contributed by atoms with Crippen molar-refractivity contribution in [2.45, 2.75) is 0 Å². The maximum atomic E-state index is 3.98. The highest BCUT2D eigenvalue weighted by Crippen LogP contribution is 2.12. The number of fused-ring (bicyclic) bond motifs is 1. The van der Waals surface area contributed by atoms with Gasteiger partial charge in [0.05, 0.1) is 5.52 Å². The molecule has 2 aromatic heterocycles. The van der Waals surface area contributed by atoms with Crippen LogP contribution in [0.1, 0.15) is 0 Å². The van der Waals surface area contributed by atoms with Crippen molar-refractivity contribution in [3.8, 4) is 0 Å². The molecule has 0 aliphatic heterocycles. The van der Waals surface area contributed by atoms with Gasteiger partial charge >= 0.3 is 0 Å². The van der Waals surface area contributed by atoms with Gasteiger partial charge in [0.2, 0.25) is 0 Å². The highest BCUT2D eigenvalue weighted by Gasteiger charge is 1.96. The summed E-state index contributed by atoms with van der Waals surface area (Å²) in [6.07, 6.45) is 3.39. The average molecular weight is 198 g/mol. The predicted octanol–water partition coefficient (Wildman–Crippen LogP) is 1.49. The van der Waals surface area contributed by atoms with E-state index in [1.165, 1.54) is 6.33 Å². The fraction of sp³-hybridized carbons (Fsp3) is 0. The zero-order valence-electron chi connectivity index (χ0n) is 5.03. The van der Waals surface area contributed by atoms with Crippen molar-refractivity contribution in [1.29, 1.82) is 0 Å². The number of aromatic nitrogens is 3. The maximum absolute atomic E-state index is 3.98. The van der Waals surface area contributed by atoms with E-state index < -0.39 is 0 Å². The van der Waals surface area contributed by atoms with Crippen LogP contribution in [0.2, 0.25) is 0 Å². The number of halogens is 1. The second-order valence-electron chi connectivity index (χ2n) is 1.89. The zero-order valence-corrected chi connectivity index (χ0v) is 6.62. The second kappa shape index (κ2) is 2.05. The summed E-state index contributed by atoms with van der Waals surface area (Å²) in [6, 6.07) is 3.87. The summed E-state index contributed by atoms with van der Waals surface area (Å²) < 4.78 is 2.59. The van der Waals surface area contributed by atoms with Crippen LogP contribution in [-0.2, 0) is 0 Å². The molecular weight excluding hydrogens is 194 g/mol. The second-order valence-corrected chi connectivity index (χ2v) is 2.64. The smallest absolute Gasteiger partial charge is 0.137 e. The first-order valence-corrected chi connectivity index (χ1v) is 3.61. The molecule has 0 aromatic carbocycles. The highest BCUT2D eigenvalue weighted by atomic mass is 79.9. The monoisotopic (exact) mass is 197 g/mol. The molecule has 0 spiro atoms. The van der Waals surface area contributed by atoms with Gasteiger partial charge < -0.3 is 0 Å². The zero-order chi connectivity index (χ0) is 6.97. The Morgan fingerprint density at radius 1 is 1.50 bits per heavy atom. The van der Waals surface area contributed by atoms with Gasteiger partial charge in [-0.1, -0.05) is 0 Å². The number of nitrogens with zero attached hydrogens (tertiary/aromatic N) is 3. The van der Waals surface area contributed by atoms with E-state index in [1.807, 2.05) is 18.3 Å². The summed E-state index contributed by atoms with van der Waals surface area (Å²) in [6.45, 7) is 0. The van der Waals surface area contributed by atoms with Crippen LogP contribution in [0.3, 0.4) is 0 Å². The first-order chi connectivity index (χ1) is 4.88. The lowest BCUT2D eigenvalue weighted by molar-refractivity contribution is 0.894. The SMILES string of the molecule is Brc1ncnn2cccc12. The molecule has 2 heterocycles. The Hall–Kier alpha value is -0.900. The highest BCUT2D eigenvalue weighted by molar-refractivity contribution is 9.10. The summed E-state index contributed by atoms with van der Waals surface area (Å²) in [4.78, 5) is 3.96. The van der Waals surface area contributed by atoms with Crippen LogP contribution >= 0.6 is 15.9 Å². The lowest BCUT2D eigenvalue weighted by Gasteiger charge is -1.92. The standard InChI is InChI=1S/C6H4BrN3/c7-6-5-2-1-3-10(5)9-4-8-6/h1-4H. The molecule has 0 saturated carbocycles. The van der Waals surface area contributed by atoms with E-state index in [2.05, 4.69) is 26.0 Å². The van der Waals surface area contributed by atoms with E-state index in [0.29, 0.717) is 0 Å². The molecule has 0 unspecified atom stereocenters. The Balaban J connectivity index is 2.95. The predicted molar refractivity (Wildman–Crippen MR) is 40.7 cm³/mol. The van der Waals surface area contributed by atoms with Gasteiger partial charge in [0.25, 0.3) is 0 Å². The van der Waals surface area contributed by atoms with E-state index in [0.717, 1.165) is 10.1 Å². The molecule has 2 aromatic rings. The Kier molecular flexibility index (Phi) is 1.20. The van der Waals surface area contributed by atoms with Gasteiger partial charge in [-0.15, -0.1) is 0 Å². The minimum Gasteiger partial charge on any atom is -0.237 e. The molecule has 4 heteroatoms. The quantitative estimate of drug-likeness (QED) is 0.641. The number of hydrogen-bond acceptors (Lipinski definition) is 2. The van der Waals surface area contributed by atoms with Crippen molar-refractivity contribution in [1.82, 2.24) is 14.6 Å². The van der Waals surface area contributed by atoms with Crippen molar-refractivity contribution < 1.29 is 0 Å². The molecular formula is C6H4BrN3. The molecule has 0 radical (unpaired) electrons. The molecule has 10 heavy (non-hydrogen) atoms. The van der Waals surface area contributed by atoms with E-state index >= 15 is 0 Å². The van der Waals surface area contributed by atoms with Crippen LogP contribution in [-0.4, -0.2) is 14.6 Å². The van der Waals surface area contributed by atoms with E-state index in [4.69, 9.17) is 0 Å². The molecule has 0 aliphatic carbocycles. The van der Waals surface area contributed by atoms with Gasteiger partial charge in [-0.25, -0.2) is 9.50 Å². The van der Waals surface area contributed by atoms with Gasteiger partial charge in [0.15, 0.2) is 0 Å². The Bertz CT molecular complexity index is 355. The largest absolute Gasteiger partial charge is 0.237 e. The van der Waals surface area contributed by atoms with Crippen LogP contribution in [0, 0.1) is 0 Å². The van der Waals surface area contributed by atoms with E-state index in [1.54, 1.807) is 4.52 Å². The van der Waals surface area contributed by atoms with Crippen molar-refractivity contribution in [2.75, 3.05) is 0 Å². The topological polar surface area (TPSA) is 30.2 Å². The van der Waals surface area contributed by atoms with Gasteiger partial charge in [0.1, 0.15) is 10.9 Å². The van der Waals surface area contributed by atoms with Gasteiger partial charge in [-0.3, -0.25) is 0 Å². The lowest BCUT2D eigenvalue weighted by Crippen LogP contribution is -1.90. The fourth-order valence-corrected chi connectivity index (χ4v) is 1.24. The molecule has 0 atom stereocenters. The Labute approximate surface area is 65.8 Å². The minimum atomic E-state index is 0.826. The fourth-order valence-electron chi connectivity index (χ4n) is 0.835. The third-order valence-corrected chi connectivity index (χ3v) is 1.90. The van der Waals surface area contributed by atoms with Crippen LogP contribution in [0.25, 0.3) is 5.52 Å². The van der Waals surface area contributed by atoms with Gasteiger partial charge in [0, 0.05) is 6.20 Å². The molecule has 0 fully saturated rings.